The van der Waals surface area contributed by atoms with Crippen molar-refractivity contribution in [2.75, 3.05) is 13.7 Å². The summed E-state index contributed by atoms with van der Waals surface area (Å²) in [6, 6.07) is 16.8. The van der Waals surface area contributed by atoms with Gasteiger partial charge < -0.3 is 14.2 Å². The molecule has 3 nitrogen and oxygen atoms in total. The molecule has 1 aliphatic carbocycles. The summed E-state index contributed by atoms with van der Waals surface area (Å²) in [6.45, 7) is 10.0. The van der Waals surface area contributed by atoms with E-state index in [1.54, 1.807) is 0 Å². The molecule has 2 aromatic carbocycles. The summed E-state index contributed by atoms with van der Waals surface area (Å²) in [7, 11) is 1.22. The third kappa shape index (κ3) is 7.60. The average Bonchev–Trinajstić information content (AvgIpc) is 2.99. The van der Waals surface area contributed by atoms with Gasteiger partial charge >= 0.3 is 0 Å². The summed E-state index contributed by atoms with van der Waals surface area (Å²) in [5.41, 5.74) is 4.51. The number of benzene rings is 2. The zero-order chi connectivity index (χ0) is 27.8. The summed E-state index contributed by atoms with van der Waals surface area (Å²) < 4.78 is 44.0. The van der Waals surface area contributed by atoms with Crippen LogP contribution in [-0.2, 0) is 20.8 Å². The van der Waals surface area contributed by atoms with Crippen molar-refractivity contribution in [2.45, 2.75) is 76.9 Å². The molecule has 0 N–H and O–H groups in total. The van der Waals surface area contributed by atoms with Gasteiger partial charge in [-0.05, 0) is 85.0 Å². The fourth-order valence-corrected chi connectivity index (χ4v) is 5.98. The van der Waals surface area contributed by atoms with E-state index in [2.05, 4.69) is 49.1 Å². The monoisotopic (exact) mass is 536 g/mol. The van der Waals surface area contributed by atoms with Crippen LogP contribution in [0, 0.1) is 11.8 Å². The molecule has 1 aliphatic heterocycles. The van der Waals surface area contributed by atoms with Gasteiger partial charge in [0.25, 0.3) is 0 Å². The van der Waals surface area contributed by atoms with Gasteiger partial charge in [-0.3, -0.25) is 0 Å². The minimum Gasteiger partial charge on any atom is -0.494 e. The Kier molecular flexibility index (Phi) is 10.4. The lowest BCUT2D eigenvalue weighted by Gasteiger charge is -2.38. The molecule has 1 heterocycles. The number of methoxy groups -OCH3 is 1. The third-order valence-electron chi connectivity index (χ3n) is 8.47. The SMILES string of the molecule is C=C(OC)/C(F)=C(/F)C(=C)OCc1ccc(-c2ccc(C3CCC(C4CCC(CCC)OC4)CC3)cc2)cc1. The van der Waals surface area contributed by atoms with E-state index >= 15 is 0 Å². The van der Waals surface area contributed by atoms with E-state index in [4.69, 9.17) is 9.47 Å². The maximum absolute atomic E-state index is 14.1. The van der Waals surface area contributed by atoms with Gasteiger partial charge in [0.15, 0.2) is 11.5 Å². The van der Waals surface area contributed by atoms with Crippen molar-refractivity contribution in [3.63, 3.8) is 0 Å². The molecule has 210 valence electrons. The Morgan fingerprint density at radius 1 is 0.821 bits per heavy atom. The molecule has 0 radical (unpaired) electrons. The molecular weight excluding hydrogens is 494 g/mol. The van der Waals surface area contributed by atoms with Gasteiger partial charge in [0, 0.05) is 0 Å². The first-order chi connectivity index (χ1) is 18.9. The fourth-order valence-electron chi connectivity index (χ4n) is 5.98. The molecular formula is C34H42F2O3. The predicted molar refractivity (Wildman–Crippen MR) is 153 cm³/mol. The van der Waals surface area contributed by atoms with Crippen LogP contribution in [0.25, 0.3) is 11.1 Å². The summed E-state index contributed by atoms with van der Waals surface area (Å²) >= 11 is 0. The van der Waals surface area contributed by atoms with Crippen molar-refractivity contribution < 1.29 is 23.0 Å². The van der Waals surface area contributed by atoms with E-state index in [1.807, 2.05) is 24.3 Å². The molecule has 0 spiro atoms. The number of hydrogen-bond donors (Lipinski definition) is 0. The van der Waals surface area contributed by atoms with Crippen molar-refractivity contribution in [3.8, 4) is 11.1 Å². The second kappa shape index (κ2) is 13.9. The minimum absolute atomic E-state index is 0.0766. The third-order valence-corrected chi connectivity index (χ3v) is 8.47. The van der Waals surface area contributed by atoms with Crippen LogP contribution in [0.2, 0.25) is 0 Å². The normalized spacial score (nSPS) is 24.0. The topological polar surface area (TPSA) is 27.7 Å². The Hall–Kier alpha value is -2.92. The van der Waals surface area contributed by atoms with Gasteiger partial charge in [-0.15, -0.1) is 0 Å². The van der Waals surface area contributed by atoms with Crippen molar-refractivity contribution in [3.05, 3.63) is 96.0 Å². The van der Waals surface area contributed by atoms with Gasteiger partial charge in [-0.2, -0.15) is 8.78 Å². The van der Waals surface area contributed by atoms with Crippen LogP contribution < -0.4 is 0 Å². The lowest BCUT2D eigenvalue weighted by atomic mass is 9.72. The first-order valence-corrected chi connectivity index (χ1v) is 14.3. The van der Waals surface area contributed by atoms with E-state index in [1.165, 1.54) is 64.0 Å². The Labute approximate surface area is 232 Å². The van der Waals surface area contributed by atoms with E-state index in [0.717, 1.165) is 35.1 Å². The maximum Gasteiger partial charge on any atom is 0.203 e. The molecule has 5 heteroatoms. The Morgan fingerprint density at radius 2 is 1.41 bits per heavy atom. The predicted octanol–water partition coefficient (Wildman–Crippen LogP) is 9.56. The smallest absolute Gasteiger partial charge is 0.203 e. The van der Waals surface area contributed by atoms with Gasteiger partial charge in [0.05, 0.1) is 19.8 Å². The number of hydrogen-bond acceptors (Lipinski definition) is 3. The summed E-state index contributed by atoms with van der Waals surface area (Å²) in [5, 5.41) is 0. The molecule has 0 aromatic heterocycles. The number of ether oxygens (including phenoxy) is 3. The van der Waals surface area contributed by atoms with Crippen LogP contribution in [0.5, 0.6) is 0 Å². The molecule has 1 saturated carbocycles. The molecule has 0 bridgehead atoms. The second-order valence-corrected chi connectivity index (χ2v) is 11.0. The summed E-state index contributed by atoms with van der Waals surface area (Å²) in [4.78, 5) is 0. The van der Waals surface area contributed by atoms with E-state index < -0.39 is 23.2 Å². The van der Waals surface area contributed by atoms with Crippen LogP contribution >= 0.6 is 0 Å². The second-order valence-electron chi connectivity index (χ2n) is 11.0. The zero-order valence-electron chi connectivity index (χ0n) is 23.4. The number of allylic oxidation sites excluding steroid dienone is 2. The van der Waals surface area contributed by atoms with E-state index in [9.17, 15) is 8.78 Å². The molecule has 0 amide bonds. The van der Waals surface area contributed by atoms with Gasteiger partial charge in [-0.1, -0.05) is 75.0 Å². The Bertz CT molecular complexity index is 1120. The highest BCUT2D eigenvalue weighted by Crippen LogP contribution is 2.42. The van der Waals surface area contributed by atoms with Crippen molar-refractivity contribution >= 4 is 0 Å². The molecule has 1 saturated heterocycles. The summed E-state index contributed by atoms with van der Waals surface area (Å²) in [6.07, 6.45) is 10.6. The van der Waals surface area contributed by atoms with Gasteiger partial charge in [0.2, 0.25) is 11.7 Å². The standard InChI is InChI=1S/C34H42F2O3/c1-5-6-32-20-19-31(22-39-32)30-17-15-29(16-18-30)28-13-11-27(12-14-28)26-9-7-25(8-10-26)21-38-24(3)34(36)33(35)23(2)37-4/h7-14,29-32H,2-3,5-6,15-22H2,1,4H3/b34-33-. The Balaban J connectivity index is 1.26. The molecule has 2 atom stereocenters. The van der Waals surface area contributed by atoms with Crippen LogP contribution in [0.4, 0.5) is 8.78 Å². The lowest BCUT2D eigenvalue weighted by Crippen LogP contribution is -2.32. The first-order valence-electron chi connectivity index (χ1n) is 14.3. The van der Waals surface area contributed by atoms with Crippen molar-refractivity contribution in [1.82, 2.24) is 0 Å². The van der Waals surface area contributed by atoms with Gasteiger partial charge in [0.1, 0.15) is 6.61 Å². The van der Waals surface area contributed by atoms with Crippen LogP contribution in [0.15, 0.2) is 84.9 Å². The highest BCUT2D eigenvalue weighted by atomic mass is 19.2. The zero-order valence-corrected chi connectivity index (χ0v) is 23.4. The summed E-state index contributed by atoms with van der Waals surface area (Å²) in [5.74, 6) is -1.02. The van der Waals surface area contributed by atoms with Crippen LogP contribution in [0.3, 0.4) is 0 Å². The number of halogens is 2. The molecule has 39 heavy (non-hydrogen) atoms. The van der Waals surface area contributed by atoms with Crippen molar-refractivity contribution in [2.24, 2.45) is 11.8 Å². The average molecular weight is 537 g/mol. The largest absolute Gasteiger partial charge is 0.494 e. The molecule has 2 aliphatic rings. The molecule has 2 aromatic rings. The quantitative estimate of drug-likeness (QED) is 0.211. The molecule has 2 unspecified atom stereocenters. The first kappa shape index (κ1) is 29.1. The van der Waals surface area contributed by atoms with Crippen molar-refractivity contribution in [1.29, 1.82) is 0 Å². The van der Waals surface area contributed by atoms with Gasteiger partial charge in [-0.25, -0.2) is 0 Å². The lowest BCUT2D eigenvalue weighted by molar-refractivity contribution is -0.0408. The van der Waals surface area contributed by atoms with Crippen LogP contribution in [0.1, 0.15) is 75.3 Å². The minimum atomic E-state index is -1.21. The Morgan fingerprint density at radius 3 is 1.97 bits per heavy atom. The molecule has 4 rings (SSSR count). The maximum atomic E-state index is 14.1. The molecule has 2 fully saturated rings. The van der Waals surface area contributed by atoms with E-state index in [-0.39, 0.29) is 6.61 Å². The highest BCUT2D eigenvalue weighted by Gasteiger charge is 2.31. The van der Waals surface area contributed by atoms with Crippen LogP contribution in [-0.4, -0.2) is 19.8 Å². The fraction of sp³-hybridized carbons (Fsp3) is 0.471. The number of rotatable bonds is 11. The van der Waals surface area contributed by atoms with E-state index in [0.29, 0.717) is 12.0 Å². The highest BCUT2D eigenvalue weighted by molar-refractivity contribution is 5.64.